The third-order valence-electron chi connectivity index (χ3n) is 5.75. The van der Waals surface area contributed by atoms with Crippen LogP contribution in [0.25, 0.3) is 0 Å². The van der Waals surface area contributed by atoms with Gasteiger partial charge in [0, 0.05) is 39.0 Å². The quantitative estimate of drug-likeness (QED) is 0.110. The normalized spacial score (nSPS) is 23.7. The summed E-state index contributed by atoms with van der Waals surface area (Å²) in [6.07, 6.45) is 12.8. The molecule has 0 spiro atoms. The van der Waals surface area contributed by atoms with Gasteiger partial charge in [-0.2, -0.15) is 4.89 Å². The molecule has 0 aromatic rings. The van der Waals surface area contributed by atoms with E-state index in [9.17, 15) is 18.9 Å². The highest BCUT2D eigenvalue weighted by Crippen LogP contribution is 2.40. The van der Waals surface area contributed by atoms with Crippen molar-refractivity contribution in [1.82, 2.24) is 0 Å². The molecule has 34 heavy (non-hydrogen) atoms. The fourth-order valence-corrected chi connectivity index (χ4v) is 4.77. The highest BCUT2D eigenvalue weighted by molar-refractivity contribution is 7.37. The number of hydrogen-bond donors (Lipinski definition) is 1. The van der Waals surface area contributed by atoms with Gasteiger partial charge in [-0.3, -0.25) is 14.4 Å². The van der Waals surface area contributed by atoms with Crippen molar-refractivity contribution < 1.29 is 38.1 Å². The molecule has 0 aliphatic heterocycles. The molecule has 0 amide bonds. The lowest BCUT2D eigenvalue weighted by molar-refractivity contribution is -0.149. The lowest BCUT2D eigenvalue weighted by atomic mass is 9.89. The molecule has 0 radical (unpaired) electrons. The number of carbonyl (C=O) groups is 3. The third kappa shape index (κ3) is 12.4. The summed E-state index contributed by atoms with van der Waals surface area (Å²) in [6, 6.07) is 0. The van der Waals surface area contributed by atoms with Crippen molar-refractivity contribution in [3.63, 3.8) is 0 Å². The van der Waals surface area contributed by atoms with Gasteiger partial charge in [-0.1, -0.05) is 38.0 Å². The minimum atomic E-state index is -2.13. The second kappa shape index (κ2) is 16.6. The van der Waals surface area contributed by atoms with Gasteiger partial charge in [0.1, 0.15) is 18.3 Å². The van der Waals surface area contributed by atoms with Crippen LogP contribution >= 0.6 is 8.03 Å². The van der Waals surface area contributed by atoms with Crippen LogP contribution in [-0.2, 0) is 33.2 Å². The summed E-state index contributed by atoms with van der Waals surface area (Å²) in [7, 11) is -2.13. The first-order chi connectivity index (χ1) is 16.1. The first-order valence-corrected chi connectivity index (χ1v) is 13.5. The van der Waals surface area contributed by atoms with E-state index in [4.69, 9.17) is 19.1 Å². The fraction of sp³-hybridized carbons (Fsp3) is 0.720. The summed E-state index contributed by atoms with van der Waals surface area (Å²) in [4.78, 5) is 44.0. The van der Waals surface area contributed by atoms with Crippen molar-refractivity contribution in [2.24, 2.45) is 11.8 Å². The second-order valence-corrected chi connectivity index (χ2v) is 9.88. The van der Waals surface area contributed by atoms with Crippen LogP contribution in [0.15, 0.2) is 24.3 Å². The zero-order chi connectivity index (χ0) is 25.5. The number of ether oxygens (including phenoxy) is 3. The first kappa shape index (κ1) is 30.0. The summed E-state index contributed by atoms with van der Waals surface area (Å²) in [5, 5.41) is 0. The van der Waals surface area contributed by atoms with Crippen molar-refractivity contribution in [3.05, 3.63) is 24.3 Å². The Bertz CT molecular complexity index is 732. The van der Waals surface area contributed by atoms with Gasteiger partial charge in [0.25, 0.3) is 0 Å². The average Bonchev–Trinajstić information content (AvgIpc) is 3.02. The van der Waals surface area contributed by atoms with Crippen LogP contribution in [0.3, 0.4) is 0 Å². The summed E-state index contributed by atoms with van der Waals surface area (Å²) in [5.41, 5.74) is 0. The van der Waals surface area contributed by atoms with E-state index < -0.39 is 32.2 Å². The lowest BCUT2D eigenvalue weighted by Gasteiger charge is -2.23. The minimum absolute atomic E-state index is 0.121. The topological polar surface area (TPSA) is 116 Å². The number of allylic oxidation sites excluding steroid dienone is 2. The smallest absolute Gasteiger partial charge is 0.462 e. The van der Waals surface area contributed by atoms with E-state index in [1.54, 1.807) is 0 Å². The van der Waals surface area contributed by atoms with Crippen LogP contribution < -0.4 is 0 Å². The molecule has 0 aromatic heterocycles. The van der Waals surface area contributed by atoms with Crippen molar-refractivity contribution in [1.29, 1.82) is 0 Å². The maximum absolute atomic E-state index is 11.7. The fourth-order valence-electron chi connectivity index (χ4n) is 4.32. The van der Waals surface area contributed by atoms with Crippen LogP contribution in [0.1, 0.15) is 79.1 Å². The molecule has 1 unspecified atom stereocenters. The summed E-state index contributed by atoms with van der Waals surface area (Å²) < 4.78 is 27.4. The molecule has 1 saturated carbocycles. The van der Waals surface area contributed by atoms with Gasteiger partial charge < -0.3 is 14.2 Å². The first-order valence-electron chi connectivity index (χ1n) is 12.1. The maximum atomic E-state index is 11.7. The lowest BCUT2D eigenvalue weighted by Crippen LogP contribution is -2.25. The molecule has 9 heteroatoms. The summed E-state index contributed by atoms with van der Waals surface area (Å²) in [5.74, 6) is -1.48. The van der Waals surface area contributed by atoms with E-state index in [0.717, 1.165) is 19.3 Å². The number of unbranched alkanes of at least 4 members (excludes halogenated alkanes) is 3. The monoisotopic (exact) mass is 499 g/mol. The van der Waals surface area contributed by atoms with Crippen LogP contribution in [0, 0.1) is 11.8 Å². The molecule has 1 N–H and O–H groups in total. The molecule has 0 bridgehead atoms. The Balaban J connectivity index is 3.05. The molecular weight excluding hydrogens is 459 g/mol. The third-order valence-corrected chi connectivity index (χ3v) is 6.45. The molecule has 1 aliphatic carbocycles. The summed E-state index contributed by atoms with van der Waals surface area (Å²) >= 11 is 0. The van der Waals surface area contributed by atoms with E-state index >= 15 is 0 Å². The van der Waals surface area contributed by atoms with Crippen molar-refractivity contribution >= 4 is 25.9 Å². The number of esters is 3. The predicted octanol–water partition coefficient (Wildman–Crippen LogP) is 5.02. The molecule has 0 aromatic carbocycles. The Hall–Kier alpha value is -2.05. The van der Waals surface area contributed by atoms with Crippen LogP contribution in [-0.4, -0.2) is 47.3 Å². The zero-order valence-electron chi connectivity index (χ0n) is 20.8. The minimum Gasteiger partial charge on any atom is -0.462 e. The number of hydrogen-bond acceptors (Lipinski definition) is 7. The Morgan fingerprint density at radius 3 is 2.26 bits per heavy atom. The van der Waals surface area contributed by atoms with Crippen molar-refractivity contribution in [3.8, 4) is 0 Å². The van der Waals surface area contributed by atoms with E-state index in [2.05, 4.69) is 6.92 Å². The number of rotatable bonds is 15. The van der Waals surface area contributed by atoms with Crippen molar-refractivity contribution in [2.45, 2.75) is 97.4 Å². The molecule has 0 heterocycles. The van der Waals surface area contributed by atoms with Gasteiger partial charge in [0.2, 0.25) is 0 Å². The highest BCUT2D eigenvalue weighted by atomic mass is 31.1. The van der Waals surface area contributed by atoms with Crippen LogP contribution in [0.2, 0.25) is 0 Å². The summed E-state index contributed by atoms with van der Waals surface area (Å²) in [6.45, 7) is 6.20. The molecule has 1 rings (SSSR count). The van der Waals surface area contributed by atoms with Crippen LogP contribution in [0.4, 0.5) is 0 Å². The van der Waals surface area contributed by atoms with Gasteiger partial charge in [-0.15, -0.1) is 0 Å². The van der Waals surface area contributed by atoms with E-state index in [-0.39, 0.29) is 30.1 Å². The molecular formula is C25H40O8P+. The van der Waals surface area contributed by atoms with Gasteiger partial charge in [-0.05, 0) is 42.7 Å². The van der Waals surface area contributed by atoms with E-state index in [0.29, 0.717) is 32.1 Å². The molecule has 1 fully saturated rings. The second-order valence-electron chi connectivity index (χ2n) is 8.73. The average molecular weight is 500 g/mol. The maximum Gasteiger partial charge on any atom is 0.505 e. The van der Waals surface area contributed by atoms with E-state index in [1.165, 1.54) is 20.8 Å². The molecule has 192 valence electrons. The predicted molar refractivity (Wildman–Crippen MR) is 129 cm³/mol. The highest BCUT2D eigenvalue weighted by Gasteiger charge is 2.45. The van der Waals surface area contributed by atoms with Crippen LogP contribution in [0.5, 0.6) is 0 Å². The SMILES string of the molecule is CCCCC[C@@H](/C=C/[C@@H]1[C@@H](C/C=C\CCC[P+](=O)O)[C@@H](OC(C)=O)C[C@H]1OC(C)=O)OC(C)=O. The molecule has 1 aliphatic rings. The van der Waals surface area contributed by atoms with Gasteiger partial charge in [-0.25, -0.2) is 0 Å². The standard InChI is InChI=1S/C25H39O8P/c1-5-6-9-12-21(31-18(2)26)14-15-23-22(13-10-7-8-11-16-34(29)30)24(32-19(3)27)17-25(23)33-20(4)28/h7,10,14-15,21-25H,5-6,8-9,11-13,16-17H2,1-4H3/p+1/b10-7-,15-14+/t21-,22+,23+,24-,25+/m0/s1. The molecule has 8 nitrogen and oxygen atoms in total. The Kier molecular flexibility index (Phi) is 14.6. The van der Waals surface area contributed by atoms with Crippen molar-refractivity contribution in [2.75, 3.05) is 6.16 Å². The Morgan fingerprint density at radius 2 is 1.68 bits per heavy atom. The molecule has 0 saturated heterocycles. The van der Waals surface area contributed by atoms with Gasteiger partial charge >= 0.3 is 25.9 Å². The zero-order valence-corrected chi connectivity index (χ0v) is 21.7. The Morgan fingerprint density at radius 1 is 1.00 bits per heavy atom. The number of carbonyl (C=O) groups excluding carboxylic acids is 3. The Labute approximate surface area is 204 Å². The molecule has 6 atom stereocenters. The van der Waals surface area contributed by atoms with Gasteiger partial charge in [0.05, 0.1) is 0 Å². The van der Waals surface area contributed by atoms with Gasteiger partial charge in [0.15, 0.2) is 6.16 Å². The van der Waals surface area contributed by atoms with E-state index in [1.807, 2.05) is 24.3 Å². The largest absolute Gasteiger partial charge is 0.505 e.